The zero-order valence-corrected chi connectivity index (χ0v) is 11.7. The Hall–Kier alpha value is -2.43. The van der Waals surface area contributed by atoms with Crippen molar-refractivity contribution in [1.29, 1.82) is 0 Å². The minimum absolute atomic E-state index is 0.304. The van der Waals surface area contributed by atoms with E-state index in [1.807, 2.05) is 18.2 Å². The van der Waals surface area contributed by atoms with Crippen LogP contribution in [0.1, 0.15) is 24.1 Å². The molecule has 0 aliphatic carbocycles. The first-order valence-electron chi connectivity index (χ1n) is 6.70. The Balaban J connectivity index is 1.95. The van der Waals surface area contributed by atoms with Crippen molar-refractivity contribution in [1.82, 2.24) is 10.2 Å². The second kappa shape index (κ2) is 5.16. The van der Waals surface area contributed by atoms with Gasteiger partial charge in [0.05, 0.1) is 17.8 Å². The highest BCUT2D eigenvalue weighted by atomic mass is 19.1. The Morgan fingerprint density at radius 3 is 2.81 bits per heavy atom. The lowest BCUT2D eigenvalue weighted by Crippen LogP contribution is -2.09. The Morgan fingerprint density at radius 1 is 1.19 bits per heavy atom. The summed E-state index contributed by atoms with van der Waals surface area (Å²) < 4.78 is 27.7. The Labute approximate surface area is 121 Å². The lowest BCUT2D eigenvalue weighted by atomic mass is 10.0. The first-order chi connectivity index (χ1) is 10.1. The van der Waals surface area contributed by atoms with Crippen LogP contribution in [0.5, 0.6) is 0 Å². The summed E-state index contributed by atoms with van der Waals surface area (Å²) in [4.78, 5) is 0. The predicted molar refractivity (Wildman–Crippen MR) is 79.2 cm³/mol. The van der Waals surface area contributed by atoms with E-state index in [1.165, 1.54) is 12.1 Å². The fraction of sp³-hybridized carbons (Fsp3) is 0.188. The number of aryl methyl sites for hydroxylation is 1. The normalized spacial score (nSPS) is 12.6. The number of aromatic nitrogens is 2. The highest BCUT2D eigenvalue weighted by molar-refractivity contribution is 5.90. The quantitative estimate of drug-likeness (QED) is 0.753. The molecule has 0 bridgehead atoms. The molecule has 0 fully saturated rings. The molecule has 5 heteroatoms. The van der Waals surface area contributed by atoms with Gasteiger partial charge in [-0.15, -0.1) is 0 Å². The van der Waals surface area contributed by atoms with E-state index in [0.29, 0.717) is 11.1 Å². The van der Waals surface area contributed by atoms with Crippen LogP contribution in [-0.4, -0.2) is 10.2 Å². The molecule has 0 amide bonds. The SMILES string of the molecule is Cc1cc(F)c(C(C)Nc2cccc3[nH]ncc23)cc1F. The second-order valence-electron chi connectivity index (χ2n) is 5.13. The number of fused-ring (bicyclic) bond motifs is 1. The first-order valence-corrected chi connectivity index (χ1v) is 6.70. The number of aromatic amines is 1. The topological polar surface area (TPSA) is 40.7 Å². The maximum Gasteiger partial charge on any atom is 0.128 e. The Kier molecular flexibility index (Phi) is 3.33. The molecule has 1 heterocycles. The maximum absolute atomic E-state index is 14.0. The van der Waals surface area contributed by atoms with Crippen molar-refractivity contribution >= 4 is 16.6 Å². The van der Waals surface area contributed by atoms with E-state index in [9.17, 15) is 8.78 Å². The average molecular weight is 287 g/mol. The molecule has 3 aromatic rings. The number of rotatable bonds is 3. The molecule has 0 aliphatic rings. The van der Waals surface area contributed by atoms with Crippen LogP contribution in [0.4, 0.5) is 14.5 Å². The van der Waals surface area contributed by atoms with Crippen LogP contribution >= 0.6 is 0 Å². The summed E-state index contributed by atoms with van der Waals surface area (Å²) in [5.74, 6) is -0.810. The third kappa shape index (κ3) is 2.46. The van der Waals surface area contributed by atoms with Crippen LogP contribution in [0, 0.1) is 18.6 Å². The predicted octanol–water partition coefficient (Wildman–Crippen LogP) is 4.32. The summed E-state index contributed by atoms with van der Waals surface area (Å²) >= 11 is 0. The van der Waals surface area contributed by atoms with Crippen LogP contribution in [0.2, 0.25) is 0 Å². The number of nitrogens with zero attached hydrogens (tertiary/aromatic N) is 1. The van der Waals surface area contributed by atoms with Gasteiger partial charge < -0.3 is 5.32 Å². The molecule has 0 saturated carbocycles. The summed E-state index contributed by atoms with van der Waals surface area (Å²) in [5, 5.41) is 11.0. The molecule has 2 N–H and O–H groups in total. The summed E-state index contributed by atoms with van der Waals surface area (Å²) in [7, 11) is 0. The van der Waals surface area contributed by atoms with Crippen molar-refractivity contribution in [3.8, 4) is 0 Å². The number of benzene rings is 2. The molecule has 1 unspecified atom stereocenters. The summed E-state index contributed by atoms with van der Waals surface area (Å²) in [6, 6.07) is 7.78. The van der Waals surface area contributed by atoms with Gasteiger partial charge in [0.15, 0.2) is 0 Å². The molecule has 21 heavy (non-hydrogen) atoms. The minimum atomic E-state index is -0.409. The van der Waals surface area contributed by atoms with E-state index in [1.54, 1.807) is 20.0 Å². The minimum Gasteiger partial charge on any atom is -0.378 e. The van der Waals surface area contributed by atoms with E-state index < -0.39 is 11.6 Å². The van der Waals surface area contributed by atoms with E-state index in [2.05, 4.69) is 15.5 Å². The number of H-pyrrole nitrogens is 1. The zero-order chi connectivity index (χ0) is 15.0. The van der Waals surface area contributed by atoms with Gasteiger partial charge in [0, 0.05) is 16.6 Å². The largest absolute Gasteiger partial charge is 0.378 e. The molecular formula is C16H15F2N3. The molecular weight excluding hydrogens is 272 g/mol. The van der Waals surface area contributed by atoms with Gasteiger partial charge in [0.2, 0.25) is 0 Å². The smallest absolute Gasteiger partial charge is 0.128 e. The van der Waals surface area contributed by atoms with Crippen LogP contribution in [-0.2, 0) is 0 Å². The number of nitrogens with one attached hydrogen (secondary N) is 2. The van der Waals surface area contributed by atoms with Crippen molar-refractivity contribution in [2.45, 2.75) is 19.9 Å². The molecule has 0 saturated heterocycles. The van der Waals surface area contributed by atoms with E-state index in [4.69, 9.17) is 0 Å². The van der Waals surface area contributed by atoms with Gasteiger partial charge in [-0.1, -0.05) is 6.07 Å². The van der Waals surface area contributed by atoms with Crippen molar-refractivity contribution in [3.05, 3.63) is 59.3 Å². The van der Waals surface area contributed by atoms with Crippen LogP contribution in [0.3, 0.4) is 0 Å². The summed E-state index contributed by atoms with van der Waals surface area (Å²) in [5.41, 5.74) is 2.33. The van der Waals surface area contributed by atoms with Gasteiger partial charge >= 0.3 is 0 Å². The van der Waals surface area contributed by atoms with Crippen LogP contribution < -0.4 is 5.32 Å². The highest BCUT2D eigenvalue weighted by Gasteiger charge is 2.15. The van der Waals surface area contributed by atoms with E-state index in [-0.39, 0.29) is 6.04 Å². The molecule has 3 nitrogen and oxygen atoms in total. The van der Waals surface area contributed by atoms with Crippen molar-refractivity contribution in [2.24, 2.45) is 0 Å². The van der Waals surface area contributed by atoms with Gasteiger partial charge in [-0.3, -0.25) is 5.10 Å². The second-order valence-corrected chi connectivity index (χ2v) is 5.13. The molecule has 1 aromatic heterocycles. The van der Waals surface area contributed by atoms with Gasteiger partial charge in [-0.25, -0.2) is 8.78 Å². The van der Waals surface area contributed by atoms with Crippen molar-refractivity contribution in [3.63, 3.8) is 0 Å². The molecule has 0 radical (unpaired) electrons. The van der Waals surface area contributed by atoms with Gasteiger partial charge in [-0.2, -0.15) is 5.10 Å². The summed E-state index contributed by atoms with van der Waals surface area (Å²) in [6.07, 6.45) is 1.70. The molecule has 3 rings (SSSR count). The van der Waals surface area contributed by atoms with Gasteiger partial charge in [0.25, 0.3) is 0 Å². The maximum atomic E-state index is 14.0. The standard InChI is InChI=1S/C16H15F2N3/c1-9-6-14(18)11(7-13(9)17)10(2)20-15-4-3-5-16-12(15)8-19-21-16/h3-8,10,20H,1-2H3,(H,19,21). The first kappa shape index (κ1) is 13.5. The van der Waals surface area contributed by atoms with Gasteiger partial charge in [0.1, 0.15) is 11.6 Å². The van der Waals surface area contributed by atoms with Gasteiger partial charge in [-0.05, 0) is 43.7 Å². The van der Waals surface area contributed by atoms with Crippen LogP contribution in [0.15, 0.2) is 36.5 Å². The van der Waals surface area contributed by atoms with Crippen LogP contribution in [0.25, 0.3) is 10.9 Å². The molecule has 0 spiro atoms. The fourth-order valence-electron chi connectivity index (χ4n) is 2.40. The lowest BCUT2D eigenvalue weighted by molar-refractivity contribution is 0.571. The van der Waals surface area contributed by atoms with E-state index in [0.717, 1.165) is 16.6 Å². The Morgan fingerprint density at radius 2 is 2.00 bits per heavy atom. The molecule has 2 aromatic carbocycles. The molecule has 0 aliphatic heterocycles. The molecule has 1 atom stereocenters. The Bertz CT molecular complexity index is 795. The summed E-state index contributed by atoms with van der Waals surface area (Å²) in [6.45, 7) is 3.35. The third-order valence-electron chi connectivity index (χ3n) is 3.60. The third-order valence-corrected chi connectivity index (χ3v) is 3.60. The fourth-order valence-corrected chi connectivity index (χ4v) is 2.40. The monoisotopic (exact) mass is 287 g/mol. The number of anilines is 1. The number of halogens is 2. The average Bonchev–Trinajstić information content (AvgIpc) is 2.92. The lowest BCUT2D eigenvalue weighted by Gasteiger charge is -2.17. The zero-order valence-electron chi connectivity index (χ0n) is 11.7. The van der Waals surface area contributed by atoms with E-state index >= 15 is 0 Å². The number of hydrogen-bond donors (Lipinski definition) is 2. The van der Waals surface area contributed by atoms with Crippen molar-refractivity contribution in [2.75, 3.05) is 5.32 Å². The molecule has 108 valence electrons. The number of hydrogen-bond acceptors (Lipinski definition) is 2. The van der Waals surface area contributed by atoms with Crippen molar-refractivity contribution < 1.29 is 8.78 Å². The highest BCUT2D eigenvalue weighted by Crippen LogP contribution is 2.28.